The van der Waals surface area contributed by atoms with Gasteiger partial charge in [0, 0.05) is 5.69 Å². The van der Waals surface area contributed by atoms with Crippen LogP contribution < -0.4 is 11.1 Å². The Labute approximate surface area is 109 Å². The molecule has 0 aromatic heterocycles. The van der Waals surface area contributed by atoms with Crippen LogP contribution in [0, 0.1) is 27.7 Å². The molecule has 0 unspecified atom stereocenters. The topological polar surface area (TPSA) is 38.0 Å². The van der Waals surface area contributed by atoms with Gasteiger partial charge in [-0.05, 0) is 68.1 Å². The maximum atomic E-state index is 6.02. The summed E-state index contributed by atoms with van der Waals surface area (Å²) in [6.07, 6.45) is 0. The van der Waals surface area contributed by atoms with Crippen molar-refractivity contribution in [1.29, 1.82) is 0 Å². The highest BCUT2D eigenvalue weighted by Crippen LogP contribution is 2.28. The first kappa shape index (κ1) is 12.5. The van der Waals surface area contributed by atoms with Gasteiger partial charge in [-0.25, -0.2) is 0 Å². The average Bonchev–Trinajstić information content (AvgIpc) is 2.33. The van der Waals surface area contributed by atoms with E-state index in [0.717, 1.165) is 17.1 Å². The Morgan fingerprint density at radius 3 is 2.17 bits per heavy atom. The molecule has 94 valence electrons. The van der Waals surface area contributed by atoms with Crippen molar-refractivity contribution >= 4 is 17.1 Å². The van der Waals surface area contributed by atoms with E-state index >= 15 is 0 Å². The number of nitrogen functional groups attached to an aromatic ring is 1. The van der Waals surface area contributed by atoms with E-state index in [4.69, 9.17) is 5.73 Å². The van der Waals surface area contributed by atoms with Crippen LogP contribution in [-0.4, -0.2) is 0 Å². The van der Waals surface area contributed by atoms with Gasteiger partial charge in [0.05, 0.1) is 11.4 Å². The molecule has 2 nitrogen and oxygen atoms in total. The molecule has 0 aliphatic rings. The van der Waals surface area contributed by atoms with Crippen molar-refractivity contribution in [3.05, 3.63) is 52.6 Å². The Hall–Kier alpha value is -1.96. The van der Waals surface area contributed by atoms with E-state index in [1.54, 1.807) is 0 Å². The molecule has 0 radical (unpaired) electrons. The summed E-state index contributed by atoms with van der Waals surface area (Å²) < 4.78 is 0. The van der Waals surface area contributed by atoms with Crippen molar-refractivity contribution < 1.29 is 0 Å². The van der Waals surface area contributed by atoms with Gasteiger partial charge in [-0.3, -0.25) is 0 Å². The monoisotopic (exact) mass is 240 g/mol. The quantitative estimate of drug-likeness (QED) is 0.770. The van der Waals surface area contributed by atoms with Gasteiger partial charge >= 0.3 is 0 Å². The predicted molar refractivity (Wildman–Crippen MR) is 79.5 cm³/mol. The first-order valence-corrected chi connectivity index (χ1v) is 6.19. The Kier molecular flexibility index (Phi) is 3.28. The third kappa shape index (κ3) is 2.33. The lowest BCUT2D eigenvalue weighted by atomic mass is 10.0. The molecule has 3 N–H and O–H groups in total. The minimum Gasteiger partial charge on any atom is -0.397 e. The van der Waals surface area contributed by atoms with Crippen molar-refractivity contribution in [3.8, 4) is 0 Å². The van der Waals surface area contributed by atoms with Crippen LogP contribution in [0.15, 0.2) is 30.3 Å². The Balaban J connectivity index is 2.37. The fourth-order valence-electron chi connectivity index (χ4n) is 2.03. The van der Waals surface area contributed by atoms with E-state index in [1.165, 1.54) is 22.3 Å². The summed E-state index contributed by atoms with van der Waals surface area (Å²) in [6, 6.07) is 10.3. The minimum atomic E-state index is 0.785. The van der Waals surface area contributed by atoms with E-state index < -0.39 is 0 Å². The molecule has 0 atom stereocenters. The normalized spacial score (nSPS) is 10.4. The number of hydrogen-bond acceptors (Lipinski definition) is 2. The Morgan fingerprint density at radius 1 is 0.833 bits per heavy atom. The number of nitrogens with two attached hydrogens (primary N) is 1. The van der Waals surface area contributed by atoms with Gasteiger partial charge in [-0.2, -0.15) is 0 Å². The van der Waals surface area contributed by atoms with Crippen LogP contribution in [0.4, 0.5) is 17.1 Å². The second-order valence-electron chi connectivity index (χ2n) is 4.90. The van der Waals surface area contributed by atoms with Gasteiger partial charge in [0.2, 0.25) is 0 Å². The van der Waals surface area contributed by atoms with Gasteiger partial charge in [-0.15, -0.1) is 0 Å². The Bertz CT molecular complexity index is 586. The minimum absolute atomic E-state index is 0.785. The van der Waals surface area contributed by atoms with Crippen molar-refractivity contribution in [2.24, 2.45) is 0 Å². The van der Waals surface area contributed by atoms with Gasteiger partial charge in [-0.1, -0.05) is 12.1 Å². The maximum Gasteiger partial charge on any atom is 0.0618 e. The predicted octanol–water partition coefficient (Wildman–Crippen LogP) is 4.25. The molecule has 2 heteroatoms. The summed E-state index contributed by atoms with van der Waals surface area (Å²) in [5.74, 6) is 0. The highest BCUT2D eigenvalue weighted by molar-refractivity contribution is 5.75. The summed E-state index contributed by atoms with van der Waals surface area (Å²) in [5, 5.41) is 3.41. The largest absolute Gasteiger partial charge is 0.397 e. The Morgan fingerprint density at radius 2 is 1.50 bits per heavy atom. The molecule has 2 aromatic carbocycles. The van der Waals surface area contributed by atoms with Crippen LogP contribution in [0.25, 0.3) is 0 Å². The zero-order valence-electron chi connectivity index (χ0n) is 11.5. The molecule has 0 aliphatic carbocycles. The SMILES string of the molecule is Cc1ccc(Nc2ccc(C)c(C)c2C)c(N)c1. The van der Waals surface area contributed by atoms with Crippen LogP contribution in [0.1, 0.15) is 22.3 Å². The van der Waals surface area contributed by atoms with Crippen molar-refractivity contribution in [1.82, 2.24) is 0 Å². The molecule has 2 rings (SSSR count). The van der Waals surface area contributed by atoms with Crippen LogP contribution in [-0.2, 0) is 0 Å². The van der Waals surface area contributed by atoms with Gasteiger partial charge in [0.25, 0.3) is 0 Å². The first-order valence-electron chi connectivity index (χ1n) is 6.19. The second kappa shape index (κ2) is 4.73. The lowest BCUT2D eigenvalue weighted by Gasteiger charge is -2.15. The van der Waals surface area contributed by atoms with Crippen LogP contribution in [0.2, 0.25) is 0 Å². The summed E-state index contributed by atoms with van der Waals surface area (Å²) in [6.45, 7) is 8.46. The fraction of sp³-hybridized carbons (Fsp3) is 0.250. The van der Waals surface area contributed by atoms with E-state index in [-0.39, 0.29) is 0 Å². The lowest BCUT2D eigenvalue weighted by Crippen LogP contribution is -2.00. The number of rotatable bonds is 2. The molecule has 0 fully saturated rings. The van der Waals surface area contributed by atoms with Gasteiger partial charge in [0.15, 0.2) is 0 Å². The molecule has 18 heavy (non-hydrogen) atoms. The van der Waals surface area contributed by atoms with Crippen molar-refractivity contribution in [2.75, 3.05) is 11.1 Å². The molecule has 0 aliphatic heterocycles. The van der Waals surface area contributed by atoms with Gasteiger partial charge in [0.1, 0.15) is 0 Å². The van der Waals surface area contributed by atoms with Crippen molar-refractivity contribution in [2.45, 2.75) is 27.7 Å². The molecule has 0 bridgehead atoms. The van der Waals surface area contributed by atoms with E-state index in [2.05, 4.69) is 44.3 Å². The smallest absolute Gasteiger partial charge is 0.0618 e. The second-order valence-corrected chi connectivity index (χ2v) is 4.90. The average molecular weight is 240 g/mol. The molecule has 0 amide bonds. The highest BCUT2D eigenvalue weighted by atomic mass is 14.9. The standard InChI is InChI=1S/C16H20N2/c1-10-5-7-16(14(17)9-10)18-15-8-6-11(2)12(3)13(15)4/h5-9,18H,17H2,1-4H3. The summed E-state index contributed by atoms with van der Waals surface area (Å²) in [5.41, 5.74) is 14.0. The van der Waals surface area contributed by atoms with E-state index in [1.807, 2.05) is 19.1 Å². The summed E-state index contributed by atoms with van der Waals surface area (Å²) in [4.78, 5) is 0. The van der Waals surface area contributed by atoms with Crippen molar-refractivity contribution in [3.63, 3.8) is 0 Å². The summed E-state index contributed by atoms with van der Waals surface area (Å²) in [7, 11) is 0. The molecule has 0 saturated carbocycles. The summed E-state index contributed by atoms with van der Waals surface area (Å²) >= 11 is 0. The van der Waals surface area contributed by atoms with Crippen LogP contribution in [0.5, 0.6) is 0 Å². The zero-order chi connectivity index (χ0) is 13.3. The third-order valence-electron chi connectivity index (χ3n) is 3.53. The molecule has 0 heterocycles. The maximum absolute atomic E-state index is 6.02. The molecule has 0 saturated heterocycles. The number of anilines is 3. The molecule has 0 spiro atoms. The number of benzene rings is 2. The van der Waals surface area contributed by atoms with Crippen LogP contribution in [0.3, 0.4) is 0 Å². The first-order chi connectivity index (χ1) is 8.49. The number of aryl methyl sites for hydroxylation is 2. The van der Waals surface area contributed by atoms with E-state index in [0.29, 0.717) is 0 Å². The van der Waals surface area contributed by atoms with Gasteiger partial charge < -0.3 is 11.1 Å². The number of nitrogens with one attached hydrogen (secondary N) is 1. The molecular formula is C16H20N2. The third-order valence-corrected chi connectivity index (χ3v) is 3.53. The highest BCUT2D eigenvalue weighted by Gasteiger charge is 2.05. The fourth-order valence-corrected chi connectivity index (χ4v) is 2.03. The number of hydrogen-bond donors (Lipinski definition) is 2. The molecule has 2 aromatic rings. The lowest BCUT2D eigenvalue weighted by molar-refractivity contribution is 1.26. The van der Waals surface area contributed by atoms with Crippen LogP contribution >= 0.6 is 0 Å². The van der Waals surface area contributed by atoms with E-state index in [9.17, 15) is 0 Å². The molecular weight excluding hydrogens is 220 g/mol. The zero-order valence-corrected chi connectivity index (χ0v) is 11.5.